The van der Waals surface area contributed by atoms with Gasteiger partial charge >= 0.3 is 12.0 Å². The molecule has 0 aromatic carbocycles. The number of urea groups is 1. The number of aromatic carboxylic acids is 1. The number of ether oxygens (including phenoxy) is 1. The number of carboxylic acid groups (broad SMARTS) is 1. The van der Waals surface area contributed by atoms with E-state index in [0.717, 1.165) is 0 Å². The van der Waals surface area contributed by atoms with Crippen LogP contribution in [-0.4, -0.2) is 53.3 Å². The van der Waals surface area contributed by atoms with Gasteiger partial charge in [-0.05, 0) is 26.0 Å². The maximum atomic E-state index is 12.0. The number of likely N-dealkylation sites (N-methyl/N-ethyl adjacent to an activating group) is 1. The largest absolute Gasteiger partial charge is 0.477 e. The highest BCUT2D eigenvalue weighted by atomic mass is 16.5. The zero-order valence-electron chi connectivity index (χ0n) is 11.6. The van der Waals surface area contributed by atoms with Crippen molar-refractivity contribution in [1.29, 1.82) is 0 Å². The highest BCUT2D eigenvalue weighted by Gasteiger charge is 2.12. The number of carboxylic acids is 1. The summed E-state index contributed by atoms with van der Waals surface area (Å²) in [6.07, 6.45) is 1.32. The Morgan fingerprint density at radius 3 is 2.65 bits per heavy atom. The van der Waals surface area contributed by atoms with Crippen molar-refractivity contribution in [1.82, 2.24) is 9.88 Å². The normalized spacial score (nSPS) is 10.1. The molecular formula is C13H19N3O4. The summed E-state index contributed by atoms with van der Waals surface area (Å²) in [6.45, 7) is 5.91. The number of hydrogen-bond acceptors (Lipinski definition) is 4. The molecule has 0 unspecified atom stereocenters. The van der Waals surface area contributed by atoms with Crippen molar-refractivity contribution in [3.05, 3.63) is 24.0 Å². The Balaban J connectivity index is 2.56. The second kappa shape index (κ2) is 8.11. The van der Waals surface area contributed by atoms with Gasteiger partial charge in [0.05, 0.1) is 18.5 Å². The minimum Gasteiger partial charge on any atom is -0.477 e. The molecule has 0 aliphatic carbocycles. The Labute approximate surface area is 117 Å². The Bertz CT molecular complexity index is 447. The van der Waals surface area contributed by atoms with E-state index in [1.807, 2.05) is 13.8 Å². The second-order valence-corrected chi connectivity index (χ2v) is 3.94. The third-order valence-corrected chi connectivity index (χ3v) is 2.61. The number of nitrogens with one attached hydrogen (secondary N) is 1. The summed E-state index contributed by atoms with van der Waals surface area (Å²) in [4.78, 5) is 28.0. The van der Waals surface area contributed by atoms with Crippen LogP contribution in [0, 0.1) is 0 Å². The van der Waals surface area contributed by atoms with E-state index in [0.29, 0.717) is 32.0 Å². The Morgan fingerprint density at radius 1 is 1.40 bits per heavy atom. The molecule has 1 aromatic heterocycles. The maximum absolute atomic E-state index is 12.0. The highest BCUT2D eigenvalue weighted by Crippen LogP contribution is 2.07. The summed E-state index contributed by atoms with van der Waals surface area (Å²) in [5.41, 5.74) is 0.390. The van der Waals surface area contributed by atoms with Crippen LogP contribution in [0.5, 0.6) is 0 Å². The van der Waals surface area contributed by atoms with Gasteiger partial charge in [-0.15, -0.1) is 0 Å². The molecule has 20 heavy (non-hydrogen) atoms. The first-order valence-electron chi connectivity index (χ1n) is 6.41. The summed E-state index contributed by atoms with van der Waals surface area (Å²) in [5.74, 6) is -1.10. The van der Waals surface area contributed by atoms with E-state index in [9.17, 15) is 9.59 Å². The van der Waals surface area contributed by atoms with Crippen LogP contribution in [0.3, 0.4) is 0 Å². The number of amides is 2. The first kappa shape index (κ1) is 15.9. The minimum absolute atomic E-state index is 0.0632. The molecule has 0 saturated carbocycles. The predicted octanol–water partition coefficient (Wildman–Crippen LogP) is 1.67. The molecule has 7 heteroatoms. The van der Waals surface area contributed by atoms with Crippen LogP contribution >= 0.6 is 0 Å². The Kier molecular flexibility index (Phi) is 6.45. The number of carbonyl (C=O) groups excluding carboxylic acids is 1. The molecule has 1 aromatic rings. The van der Waals surface area contributed by atoms with E-state index in [1.165, 1.54) is 18.3 Å². The zero-order chi connectivity index (χ0) is 15.0. The van der Waals surface area contributed by atoms with E-state index >= 15 is 0 Å². The number of nitrogens with zero attached hydrogens (tertiary/aromatic N) is 2. The van der Waals surface area contributed by atoms with Crippen molar-refractivity contribution < 1.29 is 19.4 Å². The smallest absolute Gasteiger partial charge is 0.354 e. The van der Waals surface area contributed by atoms with E-state index in [2.05, 4.69) is 10.3 Å². The summed E-state index contributed by atoms with van der Waals surface area (Å²) in [7, 11) is 0. The number of rotatable bonds is 7. The van der Waals surface area contributed by atoms with Gasteiger partial charge in [-0.25, -0.2) is 14.6 Å². The molecule has 0 saturated heterocycles. The van der Waals surface area contributed by atoms with Gasteiger partial charge in [0.25, 0.3) is 0 Å². The lowest BCUT2D eigenvalue weighted by Crippen LogP contribution is -2.37. The summed E-state index contributed by atoms with van der Waals surface area (Å²) in [5, 5.41) is 11.4. The van der Waals surface area contributed by atoms with Crippen LogP contribution < -0.4 is 5.32 Å². The van der Waals surface area contributed by atoms with Crippen molar-refractivity contribution in [3.8, 4) is 0 Å². The molecule has 1 rings (SSSR count). The van der Waals surface area contributed by atoms with Gasteiger partial charge in [-0.2, -0.15) is 0 Å². The van der Waals surface area contributed by atoms with Crippen molar-refractivity contribution in [2.75, 3.05) is 31.6 Å². The van der Waals surface area contributed by atoms with Gasteiger partial charge in [-0.1, -0.05) is 0 Å². The van der Waals surface area contributed by atoms with Gasteiger partial charge < -0.3 is 20.1 Å². The molecule has 0 aliphatic heterocycles. The zero-order valence-corrected chi connectivity index (χ0v) is 11.6. The average Bonchev–Trinajstić information content (AvgIpc) is 2.44. The van der Waals surface area contributed by atoms with Crippen LogP contribution in [0.4, 0.5) is 10.5 Å². The lowest BCUT2D eigenvalue weighted by atomic mass is 10.3. The Morgan fingerprint density at radius 2 is 2.15 bits per heavy atom. The maximum Gasteiger partial charge on any atom is 0.354 e. The van der Waals surface area contributed by atoms with Crippen LogP contribution in [0.2, 0.25) is 0 Å². The molecule has 2 N–H and O–H groups in total. The van der Waals surface area contributed by atoms with Crippen LogP contribution in [0.25, 0.3) is 0 Å². The highest BCUT2D eigenvalue weighted by molar-refractivity contribution is 5.90. The van der Waals surface area contributed by atoms with Crippen LogP contribution in [-0.2, 0) is 4.74 Å². The van der Waals surface area contributed by atoms with E-state index < -0.39 is 5.97 Å². The van der Waals surface area contributed by atoms with Gasteiger partial charge in [0.1, 0.15) is 5.69 Å². The fraction of sp³-hybridized carbons (Fsp3) is 0.462. The Hall–Kier alpha value is -2.15. The van der Waals surface area contributed by atoms with Gasteiger partial charge in [0.15, 0.2) is 0 Å². The van der Waals surface area contributed by atoms with E-state index in [-0.39, 0.29) is 11.7 Å². The lowest BCUT2D eigenvalue weighted by molar-refractivity contribution is 0.0690. The van der Waals surface area contributed by atoms with Crippen molar-refractivity contribution in [2.45, 2.75) is 13.8 Å². The standard InChI is InChI=1S/C13H19N3O4/c1-3-16(7-8-20-4-2)13(19)15-10-5-6-11(12(17)18)14-9-10/h5-6,9H,3-4,7-8H2,1-2H3,(H,15,19)(H,17,18). The SMILES string of the molecule is CCOCCN(CC)C(=O)Nc1ccc(C(=O)O)nc1. The topological polar surface area (TPSA) is 91.8 Å². The first-order valence-corrected chi connectivity index (χ1v) is 6.41. The summed E-state index contributed by atoms with van der Waals surface area (Å²) >= 11 is 0. The number of aromatic nitrogens is 1. The molecule has 0 bridgehead atoms. The molecule has 0 atom stereocenters. The van der Waals surface area contributed by atoms with Crippen LogP contribution in [0.1, 0.15) is 24.3 Å². The summed E-state index contributed by atoms with van der Waals surface area (Å²) < 4.78 is 5.21. The van der Waals surface area contributed by atoms with Crippen molar-refractivity contribution in [2.24, 2.45) is 0 Å². The van der Waals surface area contributed by atoms with Gasteiger partial charge in [-0.3, -0.25) is 0 Å². The molecule has 0 radical (unpaired) electrons. The summed E-state index contributed by atoms with van der Waals surface area (Å²) in [6, 6.07) is 2.58. The number of anilines is 1. The first-order chi connectivity index (χ1) is 9.58. The number of hydrogen-bond donors (Lipinski definition) is 2. The van der Waals surface area contributed by atoms with Crippen molar-refractivity contribution >= 4 is 17.7 Å². The molecular weight excluding hydrogens is 262 g/mol. The third-order valence-electron chi connectivity index (χ3n) is 2.61. The molecule has 0 fully saturated rings. The average molecular weight is 281 g/mol. The number of carbonyl (C=O) groups is 2. The van der Waals surface area contributed by atoms with Gasteiger partial charge in [0, 0.05) is 19.7 Å². The monoisotopic (exact) mass is 281 g/mol. The number of pyridine rings is 1. The minimum atomic E-state index is -1.10. The third kappa shape index (κ3) is 4.85. The molecule has 0 spiro atoms. The quantitative estimate of drug-likeness (QED) is 0.742. The van der Waals surface area contributed by atoms with E-state index in [4.69, 9.17) is 9.84 Å². The van der Waals surface area contributed by atoms with Crippen molar-refractivity contribution in [3.63, 3.8) is 0 Å². The molecule has 1 heterocycles. The fourth-order valence-electron chi connectivity index (χ4n) is 1.52. The fourth-order valence-corrected chi connectivity index (χ4v) is 1.52. The molecule has 2 amide bonds. The van der Waals surface area contributed by atoms with Gasteiger partial charge in [0.2, 0.25) is 0 Å². The van der Waals surface area contributed by atoms with E-state index in [1.54, 1.807) is 4.90 Å². The molecule has 110 valence electrons. The molecule has 0 aliphatic rings. The lowest BCUT2D eigenvalue weighted by Gasteiger charge is -2.21. The van der Waals surface area contributed by atoms with Crippen LogP contribution in [0.15, 0.2) is 18.3 Å². The molecule has 7 nitrogen and oxygen atoms in total. The second-order valence-electron chi connectivity index (χ2n) is 3.94. The predicted molar refractivity (Wildman–Crippen MR) is 74.0 cm³/mol.